The van der Waals surface area contributed by atoms with Crippen molar-refractivity contribution in [3.63, 3.8) is 0 Å². The quantitative estimate of drug-likeness (QED) is 0.455. The van der Waals surface area contributed by atoms with Crippen molar-refractivity contribution in [1.82, 2.24) is 9.88 Å². The summed E-state index contributed by atoms with van der Waals surface area (Å²) in [5, 5.41) is 6.99. The summed E-state index contributed by atoms with van der Waals surface area (Å²) in [5.74, 6) is -0.329. The first-order chi connectivity index (χ1) is 15.4. The molecule has 3 aromatic carbocycles. The number of rotatable bonds is 6. The van der Waals surface area contributed by atoms with Gasteiger partial charge >= 0.3 is 0 Å². The van der Waals surface area contributed by atoms with Gasteiger partial charge in [0.1, 0.15) is 6.54 Å². The zero-order valence-corrected chi connectivity index (χ0v) is 18.1. The fourth-order valence-electron chi connectivity index (χ4n) is 3.69. The second kappa shape index (κ2) is 9.06. The van der Waals surface area contributed by atoms with Crippen LogP contribution in [0.4, 0.5) is 5.69 Å². The zero-order valence-electron chi connectivity index (χ0n) is 18.1. The Balaban J connectivity index is 1.55. The van der Waals surface area contributed by atoms with E-state index in [1.54, 1.807) is 12.1 Å². The maximum absolute atomic E-state index is 12.8. The molecule has 0 aliphatic carbocycles. The van der Waals surface area contributed by atoms with Crippen molar-refractivity contribution in [1.29, 1.82) is 0 Å². The molecule has 0 unspecified atom stereocenters. The molecule has 2 N–H and O–H groups in total. The average Bonchev–Trinajstić information content (AvgIpc) is 2.80. The van der Waals surface area contributed by atoms with Gasteiger partial charge in [-0.2, -0.15) is 0 Å². The minimum Gasteiger partial charge on any atom is -0.350 e. The minimum absolute atomic E-state index is 0.0342. The third-order valence-electron chi connectivity index (χ3n) is 5.39. The molecule has 6 heteroatoms. The SMILES string of the molecule is CC(C)C(=O)Nc1cccc(CNC(=O)Cn2c3ccccc3c(=O)c3ccccc32)c1. The number of aromatic nitrogens is 1. The van der Waals surface area contributed by atoms with Crippen LogP contribution >= 0.6 is 0 Å². The Morgan fingerprint density at radius 1 is 0.875 bits per heavy atom. The summed E-state index contributed by atoms with van der Waals surface area (Å²) in [6, 6.07) is 22.1. The Morgan fingerprint density at radius 3 is 2.12 bits per heavy atom. The van der Waals surface area contributed by atoms with Gasteiger partial charge in [0.15, 0.2) is 5.43 Å². The van der Waals surface area contributed by atoms with E-state index < -0.39 is 0 Å². The molecule has 0 saturated carbocycles. The van der Waals surface area contributed by atoms with E-state index in [0.29, 0.717) is 23.0 Å². The number of anilines is 1. The monoisotopic (exact) mass is 427 g/mol. The van der Waals surface area contributed by atoms with E-state index in [9.17, 15) is 14.4 Å². The molecule has 0 bridgehead atoms. The number of pyridine rings is 1. The molecule has 0 aliphatic heterocycles. The lowest BCUT2D eigenvalue weighted by Crippen LogP contribution is -2.28. The number of hydrogen-bond donors (Lipinski definition) is 2. The Hall–Kier alpha value is -3.93. The lowest BCUT2D eigenvalue weighted by atomic mass is 10.1. The van der Waals surface area contributed by atoms with E-state index in [1.165, 1.54) is 0 Å². The second-order valence-electron chi connectivity index (χ2n) is 8.07. The van der Waals surface area contributed by atoms with E-state index in [-0.39, 0.29) is 29.7 Å². The molecule has 2 amide bonds. The topological polar surface area (TPSA) is 80.2 Å². The first-order valence-electron chi connectivity index (χ1n) is 10.6. The molecule has 0 aliphatic rings. The molecule has 32 heavy (non-hydrogen) atoms. The minimum atomic E-state index is -0.166. The number of amides is 2. The van der Waals surface area contributed by atoms with Crippen LogP contribution in [-0.2, 0) is 22.7 Å². The van der Waals surface area contributed by atoms with Gasteiger partial charge in [0.25, 0.3) is 0 Å². The molecule has 1 aromatic heterocycles. The van der Waals surface area contributed by atoms with Crippen molar-refractivity contribution in [2.45, 2.75) is 26.9 Å². The van der Waals surface area contributed by atoms with Crippen molar-refractivity contribution >= 4 is 39.3 Å². The number of benzene rings is 3. The number of fused-ring (bicyclic) bond motifs is 2. The molecule has 0 saturated heterocycles. The summed E-state index contributed by atoms with van der Waals surface area (Å²) in [6.07, 6.45) is 0. The Labute approximate surface area is 185 Å². The lowest BCUT2D eigenvalue weighted by molar-refractivity contribution is -0.121. The van der Waals surface area contributed by atoms with Crippen molar-refractivity contribution in [3.8, 4) is 0 Å². The predicted octanol–water partition coefficient (Wildman–Crippen LogP) is 4.07. The van der Waals surface area contributed by atoms with Gasteiger partial charge in [-0.25, -0.2) is 0 Å². The van der Waals surface area contributed by atoms with Crippen LogP contribution < -0.4 is 16.1 Å². The van der Waals surface area contributed by atoms with Gasteiger partial charge in [-0.05, 0) is 42.0 Å². The average molecular weight is 428 g/mol. The van der Waals surface area contributed by atoms with E-state index in [0.717, 1.165) is 16.6 Å². The molecular formula is C26H25N3O3. The molecule has 0 fully saturated rings. The first-order valence-corrected chi connectivity index (χ1v) is 10.6. The normalized spacial score (nSPS) is 11.1. The third kappa shape index (κ3) is 4.39. The standard InChI is InChI=1S/C26H25N3O3/c1-17(2)26(32)28-19-9-7-8-18(14-19)15-27-24(30)16-29-22-12-5-3-10-20(22)25(31)21-11-4-6-13-23(21)29/h3-14,17H,15-16H2,1-2H3,(H,27,30)(H,28,32). The molecule has 162 valence electrons. The summed E-state index contributed by atoms with van der Waals surface area (Å²) in [5.41, 5.74) is 3.00. The van der Waals surface area contributed by atoms with Crippen LogP contribution in [0, 0.1) is 5.92 Å². The van der Waals surface area contributed by atoms with Crippen molar-refractivity contribution in [3.05, 3.63) is 88.6 Å². The molecule has 4 aromatic rings. The van der Waals surface area contributed by atoms with E-state index in [1.807, 2.05) is 79.1 Å². The van der Waals surface area contributed by atoms with Crippen molar-refractivity contribution in [2.75, 3.05) is 5.32 Å². The summed E-state index contributed by atoms with van der Waals surface area (Å²) >= 11 is 0. The molecule has 0 radical (unpaired) electrons. The first kappa shape index (κ1) is 21.3. The van der Waals surface area contributed by atoms with E-state index >= 15 is 0 Å². The van der Waals surface area contributed by atoms with E-state index in [2.05, 4.69) is 10.6 Å². The Kier molecular flexibility index (Phi) is 6.03. The van der Waals surface area contributed by atoms with Crippen LogP contribution in [0.1, 0.15) is 19.4 Å². The van der Waals surface area contributed by atoms with Gasteiger partial charge in [0, 0.05) is 28.9 Å². The summed E-state index contributed by atoms with van der Waals surface area (Å²) < 4.78 is 1.88. The highest BCUT2D eigenvalue weighted by Gasteiger charge is 2.13. The number of carbonyl (C=O) groups excluding carboxylic acids is 2. The van der Waals surface area contributed by atoms with Gasteiger partial charge in [0.05, 0.1) is 11.0 Å². The van der Waals surface area contributed by atoms with Crippen LogP contribution in [0.5, 0.6) is 0 Å². The predicted molar refractivity (Wildman–Crippen MR) is 127 cm³/mol. The molecular weight excluding hydrogens is 402 g/mol. The van der Waals surface area contributed by atoms with Gasteiger partial charge in [-0.1, -0.05) is 50.2 Å². The Bertz CT molecular complexity index is 1310. The highest BCUT2D eigenvalue weighted by molar-refractivity contribution is 5.95. The van der Waals surface area contributed by atoms with Gasteiger partial charge in [0.2, 0.25) is 11.8 Å². The summed E-state index contributed by atoms with van der Waals surface area (Å²) in [7, 11) is 0. The number of nitrogens with zero attached hydrogens (tertiary/aromatic N) is 1. The van der Waals surface area contributed by atoms with Crippen molar-refractivity contribution in [2.24, 2.45) is 5.92 Å². The summed E-state index contributed by atoms with van der Waals surface area (Å²) in [6.45, 7) is 4.10. The molecule has 1 heterocycles. The van der Waals surface area contributed by atoms with Crippen LogP contribution in [-0.4, -0.2) is 16.4 Å². The fraction of sp³-hybridized carbons (Fsp3) is 0.192. The van der Waals surface area contributed by atoms with Crippen LogP contribution in [0.3, 0.4) is 0 Å². The number of para-hydroxylation sites is 2. The van der Waals surface area contributed by atoms with Crippen LogP contribution in [0.15, 0.2) is 77.6 Å². The molecule has 0 spiro atoms. The van der Waals surface area contributed by atoms with Crippen LogP contribution in [0.25, 0.3) is 21.8 Å². The molecule has 4 rings (SSSR count). The Morgan fingerprint density at radius 2 is 1.50 bits per heavy atom. The highest BCUT2D eigenvalue weighted by Crippen LogP contribution is 2.19. The maximum atomic E-state index is 12.8. The second-order valence-corrected chi connectivity index (χ2v) is 8.07. The van der Waals surface area contributed by atoms with Gasteiger partial charge < -0.3 is 15.2 Å². The lowest BCUT2D eigenvalue weighted by Gasteiger charge is -2.15. The molecule has 6 nitrogen and oxygen atoms in total. The summed E-state index contributed by atoms with van der Waals surface area (Å²) in [4.78, 5) is 37.6. The van der Waals surface area contributed by atoms with Crippen LogP contribution in [0.2, 0.25) is 0 Å². The largest absolute Gasteiger partial charge is 0.350 e. The van der Waals surface area contributed by atoms with Crippen molar-refractivity contribution < 1.29 is 9.59 Å². The maximum Gasteiger partial charge on any atom is 0.240 e. The smallest absolute Gasteiger partial charge is 0.240 e. The number of carbonyl (C=O) groups is 2. The fourth-order valence-corrected chi connectivity index (χ4v) is 3.69. The van der Waals surface area contributed by atoms with Gasteiger partial charge in [-0.3, -0.25) is 14.4 Å². The third-order valence-corrected chi connectivity index (χ3v) is 5.39. The molecule has 0 atom stereocenters. The highest BCUT2D eigenvalue weighted by atomic mass is 16.2. The zero-order chi connectivity index (χ0) is 22.7. The number of hydrogen-bond acceptors (Lipinski definition) is 3. The van der Waals surface area contributed by atoms with Gasteiger partial charge in [-0.15, -0.1) is 0 Å². The van der Waals surface area contributed by atoms with E-state index in [4.69, 9.17) is 0 Å². The number of nitrogens with one attached hydrogen (secondary N) is 2.